The summed E-state index contributed by atoms with van der Waals surface area (Å²) in [5.41, 5.74) is 1.15. The van der Waals surface area contributed by atoms with Gasteiger partial charge in [-0.15, -0.1) is 0 Å². The van der Waals surface area contributed by atoms with Crippen LogP contribution < -0.4 is 9.46 Å². The van der Waals surface area contributed by atoms with Crippen LogP contribution in [0.25, 0.3) is 5.82 Å². The molecule has 0 aliphatic heterocycles. The molecule has 4 rings (SSSR count). The van der Waals surface area contributed by atoms with Crippen LogP contribution >= 0.6 is 0 Å². The summed E-state index contributed by atoms with van der Waals surface area (Å²) in [5, 5.41) is 4.12. The largest absolute Gasteiger partial charge is 0.493 e. The summed E-state index contributed by atoms with van der Waals surface area (Å²) in [4.78, 5) is 4.33. The van der Waals surface area contributed by atoms with E-state index in [1.54, 1.807) is 25.6 Å². The molecule has 2 atom stereocenters. The van der Waals surface area contributed by atoms with Crippen LogP contribution in [0.5, 0.6) is 5.75 Å². The molecule has 2 heterocycles. The number of hydrogen-bond acceptors (Lipinski definition) is 5. The highest BCUT2D eigenvalue weighted by Crippen LogP contribution is 2.41. The Morgan fingerprint density at radius 1 is 1.15 bits per heavy atom. The summed E-state index contributed by atoms with van der Waals surface area (Å²) >= 11 is 0. The van der Waals surface area contributed by atoms with E-state index in [1.165, 1.54) is 16.9 Å². The van der Waals surface area contributed by atoms with Crippen molar-refractivity contribution in [3.8, 4) is 11.6 Å². The van der Waals surface area contributed by atoms with Gasteiger partial charge in [0.25, 0.3) is 0 Å². The van der Waals surface area contributed by atoms with E-state index in [2.05, 4.69) is 14.8 Å². The minimum absolute atomic E-state index is 0.0718. The van der Waals surface area contributed by atoms with E-state index in [9.17, 15) is 8.42 Å². The second-order valence-electron chi connectivity index (χ2n) is 6.16. The number of ether oxygens (including phenoxy) is 1. The molecule has 1 aliphatic carbocycles. The smallest absolute Gasteiger partial charge is 0.242 e. The number of rotatable bonds is 6. The second-order valence-corrected chi connectivity index (χ2v) is 7.87. The zero-order valence-electron chi connectivity index (χ0n) is 14.1. The Morgan fingerprint density at radius 2 is 1.96 bits per heavy atom. The molecule has 3 aromatic rings. The third kappa shape index (κ3) is 3.33. The van der Waals surface area contributed by atoms with Gasteiger partial charge in [-0.1, -0.05) is 30.3 Å². The first kappa shape index (κ1) is 16.7. The molecule has 1 N–H and O–H groups in total. The summed E-state index contributed by atoms with van der Waals surface area (Å²) in [6.07, 6.45) is 5.38. The molecule has 26 heavy (non-hydrogen) atoms. The van der Waals surface area contributed by atoms with Gasteiger partial charge in [-0.05, 0) is 24.1 Å². The minimum Gasteiger partial charge on any atom is -0.493 e. The van der Waals surface area contributed by atoms with Gasteiger partial charge in [0.15, 0.2) is 11.6 Å². The monoisotopic (exact) mass is 370 g/mol. The molecule has 0 saturated heterocycles. The van der Waals surface area contributed by atoms with Crippen molar-refractivity contribution in [2.45, 2.75) is 23.3 Å². The molecule has 1 fully saturated rings. The zero-order chi connectivity index (χ0) is 18.1. The summed E-state index contributed by atoms with van der Waals surface area (Å²) < 4.78 is 34.5. The van der Waals surface area contributed by atoms with Crippen LogP contribution in [0.1, 0.15) is 17.9 Å². The minimum atomic E-state index is -3.60. The fourth-order valence-electron chi connectivity index (χ4n) is 2.87. The van der Waals surface area contributed by atoms with Crippen LogP contribution in [0.2, 0.25) is 0 Å². The van der Waals surface area contributed by atoms with Gasteiger partial charge in [-0.3, -0.25) is 0 Å². The summed E-state index contributed by atoms with van der Waals surface area (Å²) in [6, 6.07) is 13.0. The lowest BCUT2D eigenvalue weighted by molar-refractivity contribution is 0.414. The lowest BCUT2D eigenvalue weighted by atomic mass is 10.1. The Hall–Kier alpha value is -2.71. The Labute approximate surface area is 151 Å². The molecule has 7 nitrogen and oxygen atoms in total. The van der Waals surface area contributed by atoms with E-state index >= 15 is 0 Å². The van der Waals surface area contributed by atoms with E-state index in [0.29, 0.717) is 11.6 Å². The van der Waals surface area contributed by atoms with Gasteiger partial charge in [0, 0.05) is 18.2 Å². The highest BCUT2D eigenvalue weighted by Gasteiger charge is 2.41. The van der Waals surface area contributed by atoms with E-state index in [1.807, 2.05) is 30.3 Å². The van der Waals surface area contributed by atoms with Crippen molar-refractivity contribution < 1.29 is 13.2 Å². The Balaban J connectivity index is 1.46. The average molecular weight is 370 g/mol. The standard InChI is InChI=1S/C18H18N4O3S/c1-25-14-10-20-22(12-14)18-8-7-15(11-19-18)26(23,24)21-17-9-16(17)13-5-3-2-4-6-13/h2-8,10-12,16-17,21H,9H2,1H3/t16-,17+/m1/s1. The SMILES string of the molecule is COc1cnn(-c2ccc(S(=O)(=O)N[C@H]3C[C@@H]3c3ccccc3)cn2)c1. The molecule has 1 aromatic carbocycles. The molecular formula is C18H18N4O3S. The zero-order valence-corrected chi connectivity index (χ0v) is 14.9. The lowest BCUT2D eigenvalue weighted by Crippen LogP contribution is -2.27. The quantitative estimate of drug-likeness (QED) is 0.718. The first-order valence-electron chi connectivity index (χ1n) is 8.19. The van der Waals surface area contributed by atoms with Gasteiger partial charge in [-0.2, -0.15) is 5.10 Å². The highest BCUT2D eigenvalue weighted by atomic mass is 32.2. The van der Waals surface area contributed by atoms with E-state index in [0.717, 1.165) is 12.0 Å². The molecule has 0 radical (unpaired) electrons. The molecule has 8 heteroatoms. The molecule has 0 bridgehead atoms. The van der Waals surface area contributed by atoms with Crippen molar-refractivity contribution in [3.63, 3.8) is 0 Å². The lowest BCUT2D eigenvalue weighted by Gasteiger charge is -2.07. The van der Waals surface area contributed by atoms with Crippen molar-refractivity contribution in [2.75, 3.05) is 7.11 Å². The number of hydrogen-bond donors (Lipinski definition) is 1. The summed E-state index contributed by atoms with van der Waals surface area (Å²) in [6.45, 7) is 0. The number of sulfonamides is 1. The van der Waals surface area contributed by atoms with Gasteiger partial charge < -0.3 is 4.74 Å². The molecule has 134 valence electrons. The predicted molar refractivity (Wildman–Crippen MR) is 95.8 cm³/mol. The number of aromatic nitrogens is 3. The topological polar surface area (TPSA) is 86.1 Å². The van der Waals surface area contributed by atoms with Crippen LogP contribution in [0, 0.1) is 0 Å². The third-order valence-electron chi connectivity index (χ3n) is 4.39. The first-order chi connectivity index (χ1) is 12.6. The van der Waals surface area contributed by atoms with E-state index in [4.69, 9.17) is 4.74 Å². The Morgan fingerprint density at radius 3 is 2.62 bits per heavy atom. The molecule has 1 aliphatic rings. The van der Waals surface area contributed by atoms with Gasteiger partial charge in [0.05, 0.1) is 19.5 Å². The normalized spacial score (nSPS) is 19.3. The number of pyridine rings is 1. The van der Waals surface area contributed by atoms with E-state index < -0.39 is 10.0 Å². The Bertz CT molecular complexity index is 1000. The summed E-state index contributed by atoms with van der Waals surface area (Å²) in [7, 11) is -2.05. The van der Waals surface area contributed by atoms with Crippen LogP contribution in [0.15, 0.2) is 66.0 Å². The van der Waals surface area contributed by atoms with Crippen molar-refractivity contribution in [1.82, 2.24) is 19.5 Å². The molecule has 2 aromatic heterocycles. The molecule has 0 unspecified atom stereocenters. The fourth-order valence-corrected chi connectivity index (χ4v) is 4.10. The van der Waals surface area contributed by atoms with Crippen LogP contribution in [0.3, 0.4) is 0 Å². The van der Waals surface area contributed by atoms with Gasteiger partial charge in [0.2, 0.25) is 10.0 Å². The van der Waals surface area contributed by atoms with Gasteiger partial charge in [-0.25, -0.2) is 22.8 Å². The molecule has 0 spiro atoms. The fraction of sp³-hybridized carbons (Fsp3) is 0.222. The highest BCUT2D eigenvalue weighted by molar-refractivity contribution is 7.89. The van der Waals surface area contributed by atoms with E-state index in [-0.39, 0.29) is 16.9 Å². The predicted octanol–water partition coefficient (Wildman–Crippen LogP) is 2.11. The summed E-state index contributed by atoms with van der Waals surface area (Å²) in [5.74, 6) is 1.35. The second kappa shape index (κ2) is 6.54. The van der Waals surface area contributed by atoms with Crippen molar-refractivity contribution in [3.05, 3.63) is 66.6 Å². The van der Waals surface area contributed by atoms with Crippen LogP contribution in [0.4, 0.5) is 0 Å². The van der Waals surface area contributed by atoms with Crippen molar-refractivity contribution in [1.29, 1.82) is 0 Å². The van der Waals surface area contributed by atoms with Gasteiger partial charge in [0.1, 0.15) is 4.90 Å². The van der Waals surface area contributed by atoms with Crippen molar-refractivity contribution in [2.24, 2.45) is 0 Å². The number of nitrogens with one attached hydrogen (secondary N) is 1. The molecule has 0 amide bonds. The van der Waals surface area contributed by atoms with Crippen LogP contribution in [-0.2, 0) is 10.0 Å². The molecular weight excluding hydrogens is 352 g/mol. The van der Waals surface area contributed by atoms with Crippen molar-refractivity contribution >= 4 is 10.0 Å². The van der Waals surface area contributed by atoms with Crippen LogP contribution in [-0.4, -0.2) is 36.3 Å². The number of nitrogens with zero attached hydrogens (tertiary/aromatic N) is 3. The maximum atomic E-state index is 12.6. The van der Waals surface area contributed by atoms with Gasteiger partial charge >= 0.3 is 0 Å². The number of methoxy groups -OCH3 is 1. The maximum absolute atomic E-state index is 12.6. The first-order valence-corrected chi connectivity index (χ1v) is 9.67. The third-order valence-corrected chi connectivity index (χ3v) is 5.86. The Kier molecular flexibility index (Phi) is 4.21. The maximum Gasteiger partial charge on any atom is 0.242 e. The average Bonchev–Trinajstić information content (AvgIpc) is 3.25. The molecule has 1 saturated carbocycles. The number of benzene rings is 1.